The van der Waals surface area contributed by atoms with Crippen LogP contribution >= 0.6 is 0 Å². The molecule has 0 aliphatic heterocycles. The summed E-state index contributed by atoms with van der Waals surface area (Å²) in [7, 11) is 0. The van der Waals surface area contributed by atoms with Crippen molar-refractivity contribution in [3.63, 3.8) is 0 Å². The van der Waals surface area contributed by atoms with Crippen LogP contribution in [0.5, 0.6) is 0 Å². The molecule has 0 aliphatic rings. The van der Waals surface area contributed by atoms with Crippen molar-refractivity contribution in [2.75, 3.05) is 6.54 Å². The fraction of sp³-hybridized carbons (Fsp3) is 0.462. The molecular formula is C13H18N2. The lowest BCUT2D eigenvalue weighted by atomic mass is 9.87. The van der Waals surface area contributed by atoms with Gasteiger partial charge in [-0.1, -0.05) is 45.0 Å². The van der Waals surface area contributed by atoms with E-state index in [0.29, 0.717) is 6.54 Å². The zero-order valence-corrected chi connectivity index (χ0v) is 9.67. The molecule has 80 valence electrons. The predicted octanol–water partition coefficient (Wildman–Crippen LogP) is 2.60. The molecule has 0 saturated carbocycles. The van der Waals surface area contributed by atoms with Gasteiger partial charge in [-0.05, 0) is 16.5 Å². The van der Waals surface area contributed by atoms with Gasteiger partial charge in [0.15, 0.2) is 0 Å². The molecule has 1 rings (SSSR count). The van der Waals surface area contributed by atoms with Crippen LogP contribution in [0.4, 0.5) is 0 Å². The SMILES string of the molecule is CC(C)(C)c1ccc(CNCC#N)cc1. The van der Waals surface area contributed by atoms with Crippen molar-refractivity contribution in [1.29, 1.82) is 5.26 Å². The zero-order valence-electron chi connectivity index (χ0n) is 9.67. The largest absolute Gasteiger partial charge is 0.300 e. The maximum absolute atomic E-state index is 8.38. The lowest BCUT2D eigenvalue weighted by Crippen LogP contribution is -2.14. The Bertz CT molecular complexity index is 338. The molecule has 0 heterocycles. The van der Waals surface area contributed by atoms with Crippen LogP contribution in [0.2, 0.25) is 0 Å². The number of rotatable bonds is 3. The third-order valence-electron chi connectivity index (χ3n) is 2.35. The number of hydrogen-bond acceptors (Lipinski definition) is 2. The van der Waals surface area contributed by atoms with Crippen molar-refractivity contribution in [1.82, 2.24) is 5.32 Å². The maximum Gasteiger partial charge on any atom is 0.0843 e. The fourth-order valence-corrected chi connectivity index (χ4v) is 1.39. The molecule has 0 aliphatic carbocycles. The number of nitrogens with one attached hydrogen (secondary N) is 1. The highest BCUT2D eigenvalue weighted by Crippen LogP contribution is 2.21. The summed E-state index contributed by atoms with van der Waals surface area (Å²) in [5, 5.41) is 11.4. The van der Waals surface area contributed by atoms with Crippen LogP contribution < -0.4 is 5.32 Å². The topological polar surface area (TPSA) is 35.8 Å². The number of hydrogen-bond donors (Lipinski definition) is 1. The van der Waals surface area contributed by atoms with Crippen LogP contribution in [0.25, 0.3) is 0 Å². The van der Waals surface area contributed by atoms with Crippen LogP contribution in [-0.4, -0.2) is 6.54 Å². The number of nitrogens with zero attached hydrogens (tertiary/aromatic N) is 1. The van der Waals surface area contributed by atoms with Gasteiger partial charge in [-0.15, -0.1) is 0 Å². The zero-order chi connectivity index (χ0) is 11.3. The van der Waals surface area contributed by atoms with E-state index in [9.17, 15) is 0 Å². The van der Waals surface area contributed by atoms with Gasteiger partial charge in [-0.2, -0.15) is 5.26 Å². The van der Waals surface area contributed by atoms with E-state index >= 15 is 0 Å². The van der Waals surface area contributed by atoms with Crippen LogP contribution in [0.1, 0.15) is 31.9 Å². The Labute approximate surface area is 91.9 Å². The summed E-state index contributed by atoms with van der Waals surface area (Å²) in [6.07, 6.45) is 0. The molecule has 0 unspecified atom stereocenters. The highest BCUT2D eigenvalue weighted by molar-refractivity contribution is 5.27. The molecule has 0 bridgehead atoms. The van der Waals surface area contributed by atoms with Gasteiger partial charge in [0.05, 0.1) is 12.6 Å². The van der Waals surface area contributed by atoms with Crippen molar-refractivity contribution in [2.45, 2.75) is 32.7 Å². The minimum absolute atomic E-state index is 0.207. The van der Waals surface area contributed by atoms with Gasteiger partial charge < -0.3 is 5.32 Å². The van der Waals surface area contributed by atoms with E-state index in [1.54, 1.807) is 0 Å². The molecule has 0 amide bonds. The first-order valence-electron chi connectivity index (χ1n) is 5.21. The normalized spacial score (nSPS) is 11.1. The summed E-state index contributed by atoms with van der Waals surface area (Å²) < 4.78 is 0. The first-order chi connectivity index (χ1) is 7.04. The highest BCUT2D eigenvalue weighted by atomic mass is 14.8. The van der Waals surface area contributed by atoms with Crippen LogP contribution in [0.3, 0.4) is 0 Å². The Morgan fingerprint density at radius 1 is 1.20 bits per heavy atom. The lowest BCUT2D eigenvalue weighted by Gasteiger charge is -2.19. The monoisotopic (exact) mass is 202 g/mol. The quantitative estimate of drug-likeness (QED) is 0.604. The second-order valence-corrected chi connectivity index (χ2v) is 4.71. The predicted molar refractivity (Wildman–Crippen MR) is 62.5 cm³/mol. The van der Waals surface area contributed by atoms with E-state index in [1.807, 2.05) is 0 Å². The smallest absolute Gasteiger partial charge is 0.0843 e. The van der Waals surface area contributed by atoms with Crippen LogP contribution in [0, 0.1) is 11.3 Å². The van der Waals surface area contributed by atoms with Gasteiger partial charge in [-0.25, -0.2) is 0 Å². The van der Waals surface area contributed by atoms with E-state index in [2.05, 4.69) is 56.4 Å². The van der Waals surface area contributed by atoms with Crippen LogP contribution in [0.15, 0.2) is 24.3 Å². The van der Waals surface area contributed by atoms with Crippen LogP contribution in [-0.2, 0) is 12.0 Å². The molecule has 1 N–H and O–H groups in total. The maximum atomic E-state index is 8.38. The summed E-state index contributed by atoms with van der Waals surface area (Å²) in [5.41, 5.74) is 2.77. The van der Waals surface area contributed by atoms with E-state index in [0.717, 1.165) is 6.54 Å². The Kier molecular flexibility index (Phi) is 3.88. The summed E-state index contributed by atoms with van der Waals surface area (Å²) in [5.74, 6) is 0. The molecule has 0 fully saturated rings. The van der Waals surface area contributed by atoms with Gasteiger partial charge in [0, 0.05) is 6.54 Å². The first-order valence-corrected chi connectivity index (χ1v) is 5.21. The molecule has 0 radical (unpaired) electrons. The molecule has 1 aromatic carbocycles. The molecule has 0 aromatic heterocycles. The molecule has 0 atom stereocenters. The summed E-state index contributed by atoms with van der Waals surface area (Å²) in [6.45, 7) is 7.78. The second-order valence-electron chi connectivity index (χ2n) is 4.71. The third-order valence-corrected chi connectivity index (χ3v) is 2.35. The molecule has 2 nitrogen and oxygen atoms in total. The van der Waals surface area contributed by atoms with E-state index < -0.39 is 0 Å². The van der Waals surface area contributed by atoms with Crippen molar-refractivity contribution in [2.24, 2.45) is 0 Å². The second kappa shape index (κ2) is 4.95. The number of benzene rings is 1. The summed E-state index contributed by atoms with van der Waals surface area (Å²) >= 11 is 0. The van der Waals surface area contributed by atoms with Crippen molar-refractivity contribution >= 4 is 0 Å². The Morgan fingerprint density at radius 2 is 1.80 bits per heavy atom. The summed E-state index contributed by atoms with van der Waals surface area (Å²) in [4.78, 5) is 0. The van der Waals surface area contributed by atoms with Crippen molar-refractivity contribution in [3.8, 4) is 6.07 Å². The molecule has 0 spiro atoms. The van der Waals surface area contributed by atoms with Gasteiger partial charge in [0.25, 0.3) is 0 Å². The van der Waals surface area contributed by atoms with E-state index in [1.165, 1.54) is 11.1 Å². The van der Waals surface area contributed by atoms with Gasteiger partial charge in [-0.3, -0.25) is 0 Å². The highest BCUT2D eigenvalue weighted by Gasteiger charge is 2.12. The van der Waals surface area contributed by atoms with Gasteiger partial charge in [0.2, 0.25) is 0 Å². The average Bonchev–Trinajstić information content (AvgIpc) is 2.18. The third kappa shape index (κ3) is 3.73. The van der Waals surface area contributed by atoms with E-state index in [-0.39, 0.29) is 5.41 Å². The number of nitriles is 1. The fourth-order valence-electron chi connectivity index (χ4n) is 1.39. The lowest BCUT2D eigenvalue weighted by molar-refractivity contribution is 0.589. The standard InChI is InChI=1S/C13H18N2/c1-13(2,3)12-6-4-11(5-7-12)10-15-9-8-14/h4-7,15H,9-10H2,1-3H3. The Hall–Kier alpha value is -1.33. The Morgan fingerprint density at radius 3 is 2.27 bits per heavy atom. The van der Waals surface area contributed by atoms with Gasteiger partial charge >= 0.3 is 0 Å². The first kappa shape index (κ1) is 11.7. The van der Waals surface area contributed by atoms with E-state index in [4.69, 9.17) is 5.26 Å². The molecule has 15 heavy (non-hydrogen) atoms. The molecule has 1 aromatic rings. The van der Waals surface area contributed by atoms with Crippen molar-refractivity contribution in [3.05, 3.63) is 35.4 Å². The molecule has 0 saturated heterocycles. The average molecular weight is 202 g/mol. The minimum atomic E-state index is 0.207. The molecule has 2 heteroatoms. The minimum Gasteiger partial charge on any atom is -0.300 e. The van der Waals surface area contributed by atoms with Crippen molar-refractivity contribution < 1.29 is 0 Å². The molecular weight excluding hydrogens is 184 g/mol. The van der Waals surface area contributed by atoms with Gasteiger partial charge in [0.1, 0.15) is 0 Å². The summed E-state index contributed by atoms with van der Waals surface area (Å²) in [6, 6.07) is 10.6. The Balaban J connectivity index is 2.61.